The Morgan fingerprint density at radius 1 is 1.33 bits per heavy atom. The smallest absolute Gasteiger partial charge is 0.108 e. The molecular formula is C15H20N2O. The summed E-state index contributed by atoms with van der Waals surface area (Å²) >= 11 is 0. The SMILES string of the molecule is CC#CCO[C@@H]1CN(Cc2ccccc2)C[C@H]1N. The molecule has 1 aromatic rings. The Hall–Kier alpha value is -1.34. The molecule has 0 aromatic heterocycles. The van der Waals surface area contributed by atoms with Gasteiger partial charge >= 0.3 is 0 Å². The van der Waals surface area contributed by atoms with Crippen molar-refractivity contribution in [3.8, 4) is 11.8 Å². The predicted octanol–water partition coefficient (Wildman–Crippen LogP) is 1.24. The molecule has 1 fully saturated rings. The summed E-state index contributed by atoms with van der Waals surface area (Å²) in [6.07, 6.45) is 0.106. The van der Waals surface area contributed by atoms with Gasteiger partial charge in [-0.05, 0) is 12.5 Å². The highest BCUT2D eigenvalue weighted by molar-refractivity contribution is 5.15. The minimum absolute atomic E-state index is 0.0902. The number of nitrogens with two attached hydrogens (primary N) is 1. The van der Waals surface area contributed by atoms with Crippen molar-refractivity contribution in [2.75, 3.05) is 19.7 Å². The average Bonchev–Trinajstić information content (AvgIpc) is 2.71. The maximum Gasteiger partial charge on any atom is 0.108 e. The van der Waals surface area contributed by atoms with Gasteiger partial charge in [0.05, 0.1) is 6.10 Å². The quantitative estimate of drug-likeness (QED) is 0.810. The van der Waals surface area contributed by atoms with Gasteiger partial charge in [0.15, 0.2) is 0 Å². The van der Waals surface area contributed by atoms with E-state index in [-0.39, 0.29) is 12.1 Å². The van der Waals surface area contributed by atoms with Crippen molar-refractivity contribution in [2.45, 2.75) is 25.6 Å². The first-order valence-corrected chi connectivity index (χ1v) is 6.32. The van der Waals surface area contributed by atoms with E-state index in [1.165, 1.54) is 5.56 Å². The molecule has 1 heterocycles. The van der Waals surface area contributed by atoms with E-state index in [2.05, 4.69) is 41.0 Å². The normalized spacial score (nSPS) is 23.7. The topological polar surface area (TPSA) is 38.5 Å². The Morgan fingerprint density at radius 2 is 2.11 bits per heavy atom. The number of rotatable bonds is 4. The molecular weight excluding hydrogens is 224 g/mol. The molecule has 3 nitrogen and oxygen atoms in total. The zero-order valence-corrected chi connectivity index (χ0v) is 10.8. The van der Waals surface area contributed by atoms with E-state index in [1.54, 1.807) is 0 Å². The maximum atomic E-state index is 6.09. The van der Waals surface area contributed by atoms with Crippen molar-refractivity contribution in [3.05, 3.63) is 35.9 Å². The molecule has 3 heteroatoms. The molecule has 0 amide bonds. The summed E-state index contributed by atoms with van der Waals surface area (Å²) in [6.45, 7) is 5.02. The summed E-state index contributed by atoms with van der Waals surface area (Å²) in [6, 6.07) is 10.5. The summed E-state index contributed by atoms with van der Waals surface area (Å²) in [4.78, 5) is 2.34. The molecule has 0 bridgehead atoms. The summed E-state index contributed by atoms with van der Waals surface area (Å²) in [7, 11) is 0. The zero-order valence-electron chi connectivity index (χ0n) is 10.8. The van der Waals surface area contributed by atoms with Crippen molar-refractivity contribution in [1.29, 1.82) is 0 Å². The van der Waals surface area contributed by atoms with E-state index in [9.17, 15) is 0 Å². The standard InChI is InChI=1S/C15H20N2O/c1-2-3-9-18-15-12-17(11-14(15)16)10-13-7-5-4-6-8-13/h4-8,14-15H,9-12,16H2,1H3/t14-,15-/m1/s1. The van der Waals surface area contributed by atoms with Gasteiger partial charge in [0.25, 0.3) is 0 Å². The average molecular weight is 244 g/mol. The van der Waals surface area contributed by atoms with Gasteiger partial charge in [-0.15, -0.1) is 5.92 Å². The van der Waals surface area contributed by atoms with Crippen LogP contribution in [0.2, 0.25) is 0 Å². The monoisotopic (exact) mass is 244 g/mol. The van der Waals surface area contributed by atoms with Gasteiger partial charge in [-0.1, -0.05) is 36.3 Å². The van der Waals surface area contributed by atoms with E-state index in [0.717, 1.165) is 19.6 Å². The molecule has 0 radical (unpaired) electrons. The lowest BCUT2D eigenvalue weighted by Gasteiger charge is -2.15. The minimum Gasteiger partial charge on any atom is -0.363 e. The van der Waals surface area contributed by atoms with E-state index in [0.29, 0.717) is 6.61 Å². The molecule has 2 N–H and O–H groups in total. The highest BCUT2D eigenvalue weighted by Gasteiger charge is 2.30. The molecule has 0 spiro atoms. The molecule has 2 atom stereocenters. The zero-order chi connectivity index (χ0) is 12.8. The van der Waals surface area contributed by atoms with Crippen LogP contribution in [-0.4, -0.2) is 36.7 Å². The first-order valence-electron chi connectivity index (χ1n) is 6.32. The highest BCUT2D eigenvalue weighted by Crippen LogP contribution is 2.15. The van der Waals surface area contributed by atoms with E-state index in [4.69, 9.17) is 10.5 Å². The van der Waals surface area contributed by atoms with Crippen LogP contribution in [0, 0.1) is 11.8 Å². The fraction of sp³-hybridized carbons (Fsp3) is 0.467. The Morgan fingerprint density at radius 3 is 2.83 bits per heavy atom. The third-order valence-electron chi connectivity index (χ3n) is 3.18. The number of nitrogens with zero attached hydrogens (tertiary/aromatic N) is 1. The van der Waals surface area contributed by atoms with Gasteiger partial charge in [0.1, 0.15) is 6.61 Å². The summed E-state index contributed by atoms with van der Waals surface area (Å²) in [5, 5.41) is 0. The Kier molecular flexibility index (Phi) is 4.77. The van der Waals surface area contributed by atoms with Gasteiger partial charge < -0.3 is 10.5 Å². The van der Waals surface area contributed by atoms with Crippen molar-refractivity contribution in [3.63, 3.8) is 0 Å². The van der Waals surface area contributed by atoms with Crippen LogP contribution >= 0.6 is 0 Å². The van der Waals surface area contributed by atoms with Crippen LogP contribution in [0.4, 0.5) is 0 Å². The van der Waals surface area contributed by atoms with E-state index in [1.807, 2.05) is 13.0 Å². The van der Waals surface area contributed by atoms with Crippen LogP contribution in [0.1, 0.15) is 12.5 Å². The molecule has 18 heavy (non-hydrogen) atoms. The van der Waals surface area contributed by atoms with Crippen LogP contribution in [0.5, 0.6) is 0 Å². The number of hydrogen-bond donors (Lipinski definition) is 1. The number of benzene rings is 1. The Balaban J connectivity index is 1.84. The lowest BCUT2D eigenvalue weighted by molar-refractivity contribution is 0.0742. The van der Waals surface area contributed by atoms with Crippen LogP contribution in [0.15, 0.2) is 30.3 Å². The van der Waals surface area contributed by atoms with Crippen molar-refractivity contribution >= 4 is 0 Å². The molecule has 96 valence electrons. The van der Waals surface area contributed by atoms with Crippen LogP contribution in [0.3, 0.4) is 0 Å². The Labute approximate surface area is 109 Å². The van der Waals surface area contributed by atoms with Gasteiger partial charge in [0, 0.05) is 25.7 Å². The predicted molar refractivity (Wildman–Crippen MR) is 72.9 cm³/mol. The molecule has 1 saturated heterocycles. The number of likely N-dealkylation sites (tertiary alicyclic amines) is 1. The summed E-state index contributed by atoms with van der Waals surface area (Å²) in [5.41, 5.74) is 7.41. The fourth-order valence-corrected chi connectivity index (χ4v) is 2.25. The van der Waals surface area contributed by atoms with Gasteiger partial charge in [-0.2, -0.15) is 0 Å². The molecule has 1 aliphatic heterocycles. The summed E-state index contributed by atoms with van der Waals surface area (Å²) < 4.78 is 5.68. The molecule has 2 rings (SSSR count). The lowest BCUT2D eigenvalue weighted by atomic mass is 10.2. The van der Waals surface area contributed by atoms with E-state index >= 15 is 0 Å². The molecule has 0 unspecified atom stereocenters. The van der Waals surface area contributed by atoms with Gasteiger partial charge in [0.2, 0.25) is 0 Å². The second-order valence-corrected chi connectivity index (χ2v) is 4.62. The van der Waals surface area contributed by atoms with Crippen LogP contribution in [-0.2, 0) is 11.3 Å². The van der Waals surface area contributed by atoms with Gasteiger partial charge in [-0.25, -0.2) is 0 Å². The molecule has 0 aliphatic carbocycles. The van der Waals surface area contributed by atoms with Crippen LogP contribution < -0.4 is 5.73 Å². The third-order valence-corrected chi connectivity index (χ3v) is 3.18. The first kappa shape index (κ1) is 13.1. The van der Waals surface area contributed by atoms with Crippen molar-refractivity contribution in [1.82, 2.24) is 4.90 Å². The highest BCUT2D eigenvalue weighted by atomic mass is 16.5. The first-order chi connectivity index (χ1) is 8.79. The number of hydrogen-bond acceptors (Lipinski definition) is 3. The second kappa shape index (κ2) is 6.55. The minimum atomic E-state index is 0.0902. The Bertz CT molecular complexity index is 421. The van der Waals surface area contributed by atoms with Crippen molar-refractivity contribution < 1.29 is 4.74 Å². The van der Waals surface area contributed by atoms with Crippen molar-refractivity contribution in [2.24, 2.45) is 5.73 Å². The summed E-state index contributed by atoms with van der Waals surface area (Å²) in [5.74, 6) is 5.74. The maximum absolute atomic E-state index is 6.09. The third kappa shape index (κ3) is 3.58. The molecule has 1 aromatic carbocycles. The fourth-order valence-electron chi connectivity index (χ4n) is 2.25. The number of ether oxygens (including phenoxy) is 1. The second-order valence-electron chi connectivity index (χ2n) is 4.62. The van der Waals surface area contributed by atoms with Crippen LogP contribution in [0.25, 0.3) is 0 Å². The van der Waals surface area contributed by atoms with Gasteiger partial charge in [-0.3, -0.25) is 4.90 Å². The lowest BCUT2D eigenvalue weighted by Crippen LogP contribution is -2.35. The van der Waals surface area contributed by atoms with E-state index < -0.39 is 0 Å². The largest absolute Gasteiger partial charge is 0.363 e. The molecule has 0 saturated carbocycles. The molecule has 1 aliphatic rings.